The molecule has 1 aromatic heterocycles. The number of fused-ring (bicyclic) bond motifs is 3. The van der Waals surface area contributed by atoms with Crippen molar-refractivity contribution in [1.82, 2.24) is 5.32 Å². The molecule has 1 amide bonds. The summed E-state index contributed by atoms with van der Waals surface area (Å²) >= 11 is 0. The van der Waals surface area contributed by atoms with Gasteiger partial charge < -0.3 is 24.3 Å². The number of carbonyl (C=O) groups is 2. The smallest absolute Gasteiger partial charge is 0.340 e. The summed E-state index contributed by atoms with van der Waals surface area (Å²) in [6.07, 6.45) is 1.24. The molecule has 35 heavy (non-hydrogen) atoms. The molecule has 2 aromatic carbocycles. The Morgan fingerprint density at radius 1 is 1.23 bits per heavy atom. The summed E-state index contributed by atoms with van der Waals surface area (Å²) < 4.78 is 17.4. The highest BCUT2D eigenvalue weighted by Crippen LogP contribution is 2.43. The minimum Gasteiger partial charge on any atom is -0.496 e. The van der Waals surface area contributed by atoms with E-state index < -0.39 is 23.5 Å². The van der Waals surface area contributed by atoms with Crippen LogP contribution in [0.3, 0.4) is 0 Å². The Balaban J connectivity index is 1.66. The maximum absolute atomic E-state index is 13.0. The van der Waals surface area contributed by atoms with Crippen molar-refractivity contribution in [2.45, 2.75) is 58.1 Å². The van der Waals surface area contributed by atoms with Gasteiger partial charge in [-0.05, 0) is 44.7 Å². The Hall–Kier alpha value is -3.81. The van der Waals surface area contributed by atoms with Crippen LogP contribution in [-0.4, -0.2) is 35.7 Å². The lowest BCUT2D eigenvalue weighted by atomic mass is 9.91. The molecule has 0 spiro atoms. The van der Waals surface area contributed by atoms with Crippen molar-refractivity contribution in [3.63, 3.8) is 0 Å². The predicted octanol–water partition coefficient (Wildman–Crippen LogP) is 3.57. The van der Waals surface area contributed by atoms with Gasteiger partial charge in [-0.1, -0.05) is 30.3 Å². The number of hydrogen-bond acceptors (Lipinski definition) is 6. The van der Waals surface area contributed by atoms with Crippen molar-refractivity contribution in [2.75, 3.05) is 7.11 Å². The second-order valence-electron chi connectivity index (χ2n) is 9.44. The third kappa shape index (κ3) is 5.01. The van der Waals surface area contributed by atoms with Gasteiger partial charge in [-0.2, -0.15) is 0 Å². The largest absolute Gasteiger partial charge is 0.496 e. The number of nitrogens with one attached hydrogen (secondary N) is 1. The number of carboxylic acid groups (broad SMARTS) is 1. The quantitative estimate of drug-likeness (QED) is 0.498. The third-order valence-corrected chi connectivity index (χ3v) is 6.41. The maximum atomic E-state index is 13.0. The number of hydrogen-bond donors (Lipinski definition) is 2. The third-order valence-electron chi connectivity index (χ3n) is 6.41. The number of methoxy groups -OCH3 is 1. The first-order valence-corrected chi connectivity index (χ1v) is 11.5. The molecule has 0 bridgehead atoms. The van der Waals surface area contributed by atoms with Gasteiger partial charge in [-0.25, -0.2) is 9.59 Å². The molecule has 0 radical (unpaired) electrons. The van der Waals surface area contributed by atoms with E-state index in [-0.39, 0.29) is 24.0 Å². The lowest BCUT2D eigenvalue weighted by Gasteiger charge is -2.33. The fraction of sp³-hybridized carbons (Fsp3) is 0.370. The fourth-order valence-corrected chi connectivity index (χ4v) is 4.50. The molecule has 1 aliphatic rings. The van der Waals surface area contributed by atoms with Crippen molar-refractivity contribution in [3.8, 4) is 11.5 Å². The molecule has 0 unspecified atom stereocenters. The van der Waals surface area contributed by atoms with E-state index in [0.717, 1.165) is 17.5 Å². The lowest BCUT2D eigenvalue weighted by Crippen LogP contribution is -2.43. The number of benzene rings is 2. The molecule has 0 saturated heterocycles. The van der Waals surface area contributed by atoms with Crippen LogP contribution in [0.25, 0.3) is 11.0 Å². The molecule has 3 aromatic rings. The minimum absolute atomic E-state index is 0.129. The average molecular weight is 480 g/mol. The number of rotatable bonds is 7. The predicted molar refractivity (Wildman–Crippen MR) is 130 cm³/mol. The van der Waals surface area contributed by atoms with E-state index in [2.05, 4.69) is 5.32 Å². The summed E-state index contributed by atoms with van der Waals surface area (Å²) in [5.41, 5.74) is 1.71. The van der Waals surface area contributed by atoms with Gasteiger partial charge >= 0.3 is 11.6 Å². The van der Waals surface area contributed by atoms with Gasteiger partial charge in [-0.15, -0.1) is 0 Å². The summed E-state index contributed by atoms with van der Waals surface area (Å²) in [7, 11) is 1.52. The monoisotopic (exact) mass is 479 g/mol. The number of carbonyl (C=O) groups excluding carboxylic acids is 1. The molecular weight excluding hydrogens is 450 g/mol. The highest BCUT2D eigenvalue weighted by Gasteiger charge is 2.31. The molecule has 184 valence electrons. The summed E-state index contributed by atoms with van der Waals surface area (Å²) in [5.74, 6) is -0.638. The molecule has 1 atom stereocenters. The zero-order valence-corrected chi connectivity index (χ0v) is 20.3. The molecule has 2 heterocycles. The van der Waals surface area contributed by atoms with E-state index in [1.165, 1.54) is 7.11 Å². The number of aryl methyl sites for hydroxylation is 2. The van der Waals surface area contributed by atoms with Crippen molar-refractivity contribution < 1.29 is 28.6 Å². The Morgan fingerprint density at radius 3 is 2.60 bits per heavy atom. The van der Waals surface area contributed by atoms with Crippen LogP contribution >= 0.6 is 0 Å². The zero-order chi connectivity index (χ0) is 25.3. The maximum Gasteiger partial charge on any atom is 0.340 e. The minimum atomic E-state index is -1.15. The molecule has 1 aliphatic heterocycles. The van der Waals surface area contributed by atoms with E-state index in [4.69, 9.17) is 13.9 Å². The lowest BCUT2D eigenvalue weighted by molar-refractivity contribution is -0.141. The summed E-state index contributed by atoms with van der Waals surface area (Å²) in [5, 5.41) is 12.7. The summed E-state index contributed by atoms with van der Waals surface area (Å²) in [6, 6.07) is 9.69. The molecule has 0 aliphatic carbocycles. The first-order chi connectivity index (χ1) is 16.6. The molecule has 2 N–H and O–H groups in total. The molecule has 0 saturated carbocycles. The van der Waals surface area contributed by atoms with Crippen LogP contribution in [0.15, 0.2) is 45.6 Å². The van der Waals surface area contributed by atoms with Crippen molar-refractivity contribution in [3.05, 3.63) is 69.1 Å². The van der Waals surface area contributed by atoms with Crippen LogP contribution in [0.1, 0.15) is 42.5 Å². The van der Waals surface area contributed by atoms with Crippen molar-refractivity contribution in [1.29, 1.82) is 0 Å². The normalized spacial score (nSPS) is 15.1. The molecule has 8 nitrogen and oxygen atoms in total. The first-order valence-electron chi connectivity index (χ1n) is 11.5. The van der Waals surface area contributed by atoms with E-state index in [1.54, 1.807) is 37.3 Å². The van der Waals surface area contributed by atoms with Crippen LogP contribution in [0.4, 0.5) is 0 Å². The standard InChI is InChI=1S/C27H29NO7/c1-15-18(13-22(29)28-19(25(30)31)12-16-8-6-5-7-9-16)26(32)34-24-17-10-11-27(2,3)35-20(17)14-21(33-4)23(15)24/h5-9,14,19H,10-13H2,1-4H3,(H,28,29)(H,30,31)/t19-/m1/s1. The van der Waals surface area contributed by atoms with Crippen LogP contribution in [-0.2, 0) is 28.9 Å². The Morgan fingerprint density at radius 2 is 1.94 bits per heavy atom. The molecule has 4 rings (SSSR count). The number of ether oxygens (including phenoxy) is 2. The number of carboxylic acids is 1. The van der Waals surface area contributed by atoms with Gasteiger partial charge in [0.15, 0.2) is 0 Å². The summed E-state index contributed by atoms with van der Waals surface area (Å²) in [4.78, 5) is 37.5. The second kappa shape index (κ2) is 9.44. The molecular formula is C27H29NO7. The zero-order valence-electron chi connectivity index (χ0n) is 20.3. The van der Waals surface area contributed by atoms with Crippen LogP contribution in [0, 0.1) is 6.92 Å². The highest BCUT2D eigenvalue weighted by atomic mass is 16.5. The van der Waals surface area contributed by atoms with Gasteiger partial charge in [0.1, 0.15) is 28.7 Å². The van der Waals surface area contributed by atoms with E-state index in [9.17, 15) is 19.5 Å². The Kier molecular flexibility index (Phi) is 6.56. The van der Waals surface area contributed by atoms with Crippen LogP contribution in [0.5, 0.6) is 11.5 Å². The first kappa shape index (κ1) is 24.3. The van der Waals surface area contributed by atoms with E-state index in [1.807, 2.05) is 19.9 Å². The Labute approximate surface area is 202 Å². The van der Waals surface area contributed by atoms with Gasteiger partial charge in [0.2, 0.25) is 5.91 Å². The SMILES string of the molecule is COc1cc2c(c3oc(=O)c(CC(=O)N[C@H](Cc4ccccc4)C(=O)O)c(C)c13)CCC(C)(C)O2. The molecule has 8 heteroatoms. The average Bonchev–Trinajstić information content (AvgIpc) is 2.80. The topological polar surface area (TPSA) is 115 Å². The molecule has 0 fully saturated rings. The van der Waals surface area contributed by atoms with Gasteiger partial charge in [0, 0.05) is 18.1 Å². The van der Waals surface area contributed by atoms with Crippen LogP contribution in [0.2, 0.25) is 0 Å². The van der Waals surface area contributed by atoms with Crippen molar-refractivity contribution in [2.24, 2.45) is 0 Å². The van der Waals surface area contributed by atoms with E-state index >= 15 is 0 Å². The van der Waals surface area contributed by atoms with Crippen LogP contribution < -0.4 is 20.4 Å². The number of aliphatic carboxylic acids is 1. The van der Waals surface area contributed by atoms with Gasteiger partial charge in [0.25, 0.3) is 0 Å². The second-order valence-corrected chi connectivity index (χ2v) is 9.44. The van der Waals surface area contributed by atoms with Crippen molar-refractivity contribution >= 4 is 22.8 Å². The number of amides is 1. The van der Waals surface area contributed by atoms with Gasteiger partial charge in [-0.3, -0.25) is 4.79 Å². The van der Waals surface area contributed by atoms with E-state index in [0.29, 0.717) is 34.5 Å². The fourth-order valence-electron chi connectivity index (χ4n) is 4.50. The summed E-state index contributed by atoms with van der Waals surface area (Å²) in [6.45, 7) is 5.74. The van der Waals surface area contributed by atoms with Gasteiger partial charge in [0.05, 0.1) is 24.5 Å². The highest BCUT2D eigenvalue weighted by molar-refractivity contribution is 5.93. The Bertz CT molecular complexity index is 1340.